The zero-order valence-corrected chi connectivity index (χ0v) is 17.0. The van der Waals surface area contributed by atoms with E-state index in [1.807, 2.05) is 24.3 Å². The van der Waals surface area contributed by atoms with Gasteiger partial charge in [-0.15, -0.1) is 0 Å². The minimum absolute atomic E-state index is 0.00115. The summed E-state index contributed by atoms with van der Waals surface area (Å²) in [6.07, 6.45) is -2.43. The zero-order chi connectivity index (χ0) is 22.0. The number of halogens is 2. The number of alkyl halides is 2. The standard InChI is InChI=1S/C22H22F2N4O3/c1-31-16-4-2-3-14(11-16)12-19(29)27-7-9-28(10-8-27)22(30)15-5-6-17-18(13-15)26-21(25-17)20(23)24/h2-6,11,13,20H,7-10,12H2,1H3,(H,25,26). The monoisotopic (exact) mass is 428 g/mol. The predicted molar refractivity (Wildman–Crippen MR) is 110 cm³/mol. The maximum atomic E-state index is 12.8. The molecule has 1 aromatic heterocycles. The van der Waals surface area contributed by atoms with Crippen molar-refractivity contribution in [1.29, 1.82) is 0 Å². The third-order valence-corrected chi connectivity index (χ3v) is 5.36. The molecule has 162 valence electrons. The van der Waals surface area contributed by atoms with E-state index in [4.69, 9.17) is 4.74 Å². The summed E-state index contributed by atoms with van der Waals surface area (Å²) in [5, 5.41) is 0. The normalized spacial score (nSPS) is 14.3. The van der Waals surface area contributed by atoms with E-state index in [0.29, 0.717) is 48.5 Å². The summed E-state index contributed by atoms with van der Waals surface area (Å²) in [4.78, 5) is 35.3. The number of ether oxygens (including phenoxy) is 1. The summed E-state index contributed by atoms with van der Waals surface area (Å²) in [5.74, 6) is 0.0899. The van der Waals surface area contributed by atoms with Gasteiger partial charge in [-0.1, -0.05) is 12.1 Å². The number of imidazole rings is 1. The number of fused-ring (bicyclic) bond motifs is 1. The first-order valence-corrected chi connectivity index (χ1v) is 9.92. The lowest BCUT2D eigenvalue weighted by molar-refractivity contribution is -0.131. The Balaban J connectivity index is 1.37. The van der Waals surface area contributed by atoms with Gasteiger partial charge in [-0.25, -0.2) is 13.8 Å². The molecule has 2 aromatic carbocycles. The van der Waals surface area contributed by atoms with Crippen LogP contribution >= 0.6 is 0 Å². The van der Waals surface area contributed by atoms with Crippen molar-refractivity contribution < 1.29 is 23.1 Å². The molecule has 0 atom stereocenters. The Bertz CT molecular complexity index is 1110. The second-order valence-electron chi connectivity index (χ2n) is 7.36. The van der Waals surface area contributed by atoms with Gasteiger partial charge in [0.1, 0.15) is 5.75 Å². The number of carbonyl (C=O) groups is 2. The van der Waals surface area contributed by atoms with Crippen LogP contribution in [0, 0.1) is 0 Å². The van der Waals surface area contributed by atoms with Crippen LogP contribution in [0.15, 0.2) is 42.5 Å². The minimum Gasteiger partial charge on any atom is -0.497 e. The number of nitrogens with one attached hydrogen (secondary N) is 1. The van der Waals surface area contributed by atoms with Crippen LogP contribution in [-0.4, -0.2) is 64.9 Å². The van der Waals surface area contributed by atoms with Gasteiger partial charge in [-0.05, 0) is 35.9 Å². The maximum Gasteiger partial charge on any atom is 0.295 e. The van der Waals surface area contributed by atoms with Crippen LogP contribution in [0.4, 0.5) is 8.78 Å². The summed E-state index contributed by atoms with van der Waals surface area (Å²) < 4.78 is 30.8. The highest BCUT2D eigenvalue weighted by atomic mass is 19.3. The number of amides is 2. The molecular formula is C22H22F2N4O3. The highest BCUT2D eigenvalue weighted by Crippen LogP contribution is 2.21. The SMILES string of the molecule is COc1cccc(CC(=O)N2CCN(C(=O)c3ccc4nc(C(F)F)[nH]c4c3)CC2)c1. The van der Waals surface area contributed by atoms with Gasteiger partial charge in [-0.3, -0.25) is 9.59 Å². The first kappa shape index (κ1) is 20.8. The number of benzene rings is 2. The van der Waals surface area contributed by atoms with Crippen LogP contribution in [0.3, 0.4) is 0 Å². The second-order valence-corrected chi connectivity index (χ2v) is 7.36. The highest BCUT2D eigenvalue weighted by Gasteiger charge is 2.25. The van der Waals surface area contributed by atoms with E-state index in [1.165, 1.54) is 6.07 Å². The molecule has 1 aliphatic rings. The Morgan fingerprint density at radius 1 is 1.10 bits per heavy atom. The summed E-state index contributed by atoms with van der Waals surface area (Å²) in [7, 11) is 1.58. The van der Waals surface area contributed by atoms with E-state index >= 15 is 0 Å². The number of aromatic amines is 1. The molecule has 3 aromatic rings. The molecule has 7 nitrogen and oxygen atoms in total. The lowest BCUT2D eigenvalue weighted by Gasteiger charge is -2.35. The minimum atomic E-state index is -2.70. The van der Waals surface area contributed by atoms with Crippen LogP contribution in [0.1, 0.15) is 28.2 Å². The fraction of sp³-hybridized carbons (Fsp3) is 0.318. The molecule has 0 saturated carbocycles. The lowest BCUT2D eigenvalue weighted by atomic mass is 10.1. The average molecular weight is 428 g/mol. The number of hydrogen-bond donors (Lipinski definition) is 1. The molecule has 4 rings (SSSR count). The molecule has 9 heteroatoms. The topological polar surface area (TPSA) is 78.5 Å². The van der Waals surface area contributed by atoms with E-state index in [1.54, 1.807) is 29.0 Å². The Hall–Kier alpha value is -3.49. The molecule has 0 unspecified atom stereocenters. The van der Waals surface area contributed by atoms with Crippen molar-refractivity contribution in [2.45, 2.75) is 12.8 Å². The molecule has 0 aliphatic carbocycles. The van der Waals surface area contributed by atoms with E-state index in [9.17, 15) is 18.4 Å². The van der Waals surface area contributed by atoms with Crippen LogP contribution in [0.5, 0.6) is 5.75 Å². The first-order valence-electron chi connectivity index (χ1n) is 9.92. The smallest absolute Gasteiger partial charge is 0.295 e. The molecule has 31 heavy (non-hydrogen) atoms. The van der Waals surface area contributed by atoms with Crippen LogP contribution in [0.2, 0.25) is 0 Å². The van der Waals surface area contributed by atoms with Crippen molar-refractivity contribution in [3.05, 3.63) is 59.4 Å². The van der Waals surface area contributed by atoms with Crippen molar-refractivity contribution in [2.75, 3.05) is 33.3 Å². The van der Waals surface area contributed by atoms with Crippen molar-refractivity contribution in [2.24, 2.45) is 0 Å². The third kappa shape index (κ3) is 4.50. The molecule has 0 spiro atoms. The molecule has 1 aliphatic heterocycles. The zero-order valence-electron chi connectivity index (χ0n) is 17.0. The number of nitrogens with zero attached hydrogens (tertiary/aromatic N) is 3. The first-order chi connectivity index (χ1) is 14.9. The Morgan fingerprint density at radius 3 is 2.55 bits per heavy atom. The van der Waals surface area contributed by atoms with Gasteiger partial charge in [0, 0.05) is 31.7 Å². The number of carbonyl (C=O) groups excluding carboxylic acids is 2. The van der Waals surface area contributed by atoms with Gasteiger partial charge in [-0.2, -0.15) is 0 Å². The van der Waals surface area contributed by atoms with Crippen molar-refractivity contribution >= 4 is 22.8 Å². The quantitative estimate of drug-likeness (QED) is 0.678. The van der Waals surface area contributed by atoms with Gasteiger partial charge < -0.3 is 19.5 Å². The van der Waals surface area contributed by atoms with Gasteiger partial charge in [0.15, 0.2) is 5.82 Å². The molecule has 2 amide bonds. The van der Waals surface area contributed by atoms with E-state index < -0.39 is 12.2 Å². The number of aromatic nitrogens is 2. The molecular weight excluding hydrogens is 406 g/mol. The fourth-order valence-electron chi connectivity index (χ4n) is 3.68. The largest absolute Gasteiger partial charge is 0.497 e. The fourth-order valence-corrected chi connectivity index (χ4v) is 3.68. The predicted octanol–water partition coefficient (Wildman–Crippen LogP) is 3.04. The summed E-state index contributed by atoms with van der Waals surface area (Å²) >= 11 is 0. The van der Waals surface area contributed by atoms with Gasteiger partial charge in [0.25, 0.3) is 12.3 Å². The molecule has 0 radical (unpaired) electrons. The maximum absolute atomic E-state index is 12.8. The molecule has 1 N–H and O–H groups in total. The summed E-state index contributed by atoms with van der Waals surface area (Å²) in [6.45, 7) is 1.70. The number of H-pyrrole nitrogens is 1. The van der Waals surface area contributed by atoms with E-state index in [-0.39, 0.29) is 18.2 Å². The Kier molecular flexibility index (Phi) is 5.83. The number of methoxy groups -OCH3 is 1. The van der Waals surface area contributed by atoms with Gasteiger partial charge in [0.2, 0.25) is 5.91 Å². The molecule has 2 heterocycles. The van der Waals surface area contributed by atoms with E-state index in [2.05, 4.69) is 9.97 Å². The van der Waals surface area contributed by atoms with Gasteiger partial charge >= 0.3 is 0 Å². The highest BCUT2D eigenvalue weighted by molar-refractivity contribution is 5.97. The van der Waals surface area contributed by atoms with Crippen LogP contribution in [0.25, 0.3) is 11.0 Å². The van der Waals surface area contributed by atoms with Crippen LogP contribution in [-0.2, 0) is 11.2 Å². The molecule has 1 saturated heterocycles. The van der Waals surface area contributed by atoms with E-state index in [0.717, 1.165) is 5.56 Å². The van der Waals surface area contributed by atoms with Crippen molar-refractivity contribution in [1.82, 2.24) is 19.8 Å². The number of piperazine rings is 1. The summed E-state index contributed by atoms with van der Waals surface area (Å²) in [5.41, 5.74) is 2.06. The lowest BCUT2D eigenvalue weighted by Crippen LogP contribution is -2.51. The average Bonchev–Trinajstić information content (AvgIpc) is 3.22. The van der Waals surface area contributed by atoms with Crippen LogP contribution < -0.4 is 4.74 Å². The van der Waals surface area contributed by atoms with Gasteiger partial charge in [0.05, 0.1) is 24.6 Å². The Labute approximate surface area is 177 Å². The third-order valence-electron chi connectivity index (χ3n) is 5.36. The second kappa shape index (κ2) is 8.71. The molecule has 1 fully saturated rings. The van der Waals surface area contributed by atoms with Crippen molar-refractivity contribution in [3.63, 3.8) is 0 Å². The summed E-state index contributed by atoms with van der Waals surface area (Å²) in [6, 6.07) is 12.1. The van der Waals surface area contributed by atoms with Crippen molar-refractivity contribution in [3.8, 4) is 5.75 Å². The number of rotatable bonds is 5. The molecule has 0 bridgehead atoms. The number of hydrogen-bond acceptors (Lipinski definition) is 4. The Morgan fingerprint density at radius 2 is 1.84 bits per heavy atom.